The molecule has 112 valence electrons. The maximum Gasteiger partial charge on any atom is 0.307 e. The van der Waals surface area contributed by atoms with Crippen LogP contribution in [0.3, 0.4) is 0 Å². The second kappa shape index (κ2) is 5.37. The van der Waals surface area contributed by atoms with Crippen LogP contribution in [0.25, 0.3) is 0 Å². The maximum atomic E-state index is 12.1. The molecule has 21 heavy (non-hydrogen) atoms. The van der Waals surface area contributed by atoms with E-state index < -0.39 is 35.2 Å². The summed E-state index contributed by atoms with van der Waals surface area (Å²) in [6.07, 6.45) is 0.269. The van der Waals surface area contributed by atoms with E-state index in [1.807, 2.05) is 0 Å². The smallest absolute Gasteiger partial charge is 0.307 e. The number of nitrogens with one attached hydrogen (secondary N) is 1. The molecule has 1 fully saturated rings. The van der Waals surface area contributed by atoms with Crippen LogP contribution in [0.4, 0.5) is 0 Å². The molecule has 1 saturated carbocycles. The summed E-state index contributed by atoms with van der Waals surface area (Å²) in [5.41, 5.74) is 4.41. The Hall–Kier alpha value is -2.08. The zero-order valence-corrected chi connectivity index (χ0v) is 12.1. The number of primary amides is 1. The van der Waals surface area contributed by atoms with Crippen LogP contribution < -0.4 is 11.1 Å². The zero-order valence-electron chi connectivity index (χ0n) is 11.3. The normalized spacial score (nSPS) is 23.0. The van der Waals surface area contributed by atoms with Crippen LogP contribution in [0.5, 0.6) is 0 Å². The van der Waals surface area contributed by atoms with E-state index in [1.54, 1.807) is 18.2 Å². The van der Waals surface area contributed by atoms with Gasteiger partial charge in [0.2, 0.25) is 11.8 Å². The van der Waals surface area contributed by atoms with E-state index in [2.05, 4.69) is 5.32 Å². The minimum atomic E-state index is -1.44. The molecular weight excluding hydrogens is 296 g/mol. The van der Waals surface area contributed by atoms with Crippen molar-refractivity contribution in [2.75, 3.05) is 0 Å². The van der Waals surface area contributed by atoms with E-state index in [9.17, 15) is 14.4 Å². The molecule has 7 heteroatoms. The van der Waals surface area contributed by atoms with Crippen molar-refractivity contribution < 1.29 is 19.5 Å². The van der Waals surface area contributed by atoms with Crippen LogP contribution in [0.1, 0.15) is 18.9 Å². The van der Waals surface area contributed by atoms with E-state index in [4.69, 9.17) is 22.4 Å². The van der Waals surface area contributed by atoms with Gasteiger partial charge < -0.3 is 16.2 Å². The second-order valence-corrected chi connectivity index (χ2v) is 5.71. The van der Waals surface area contributed by atoms with Gasteiger partial charge in [-0.25, -0.2) is 0 Å². The van der Waals surface area contributed by atoms with E-state index in [0.717, 1.165) is 0 Å². The van der Waals surface area contributed by atoms with Crippen molar-refractivity contribution in [1.29, 1.82) is 0 Å². The number of nitrogens with two attached hydrogens (primary N) is 1. The molecule has 6 nitrogen and oxygen atoms in total. The number of rotatable bonds is 5. The number of benzene rings is 1. The summed E-state index contributed by atoms with van der Waals surface area (Å²) in [6.45, 7) is 1.47. The minimum Gasteiger partial charge on any atom is -0.481 e. The van der Waals surface area contributed by atoms with Crippen molar-refractivity contribution in [3.63, 3.8) is 0 Å². The molecule has 0 aromatic heterocycles. The van der Waals surface area contributed by atoms with Gasteiger partial charge in [-0.2, -0.15) is 0 Å². The van der Waals surface area contributed by atoms with Gasteiger partial charge in [-0.15, -0.1) is 0 Å². The molecule has 0 bridgehead atoms. The van der Waals surface area contributed by atoms with Gasteiger partial charge in [-0.3, -0.25) is 14.4 Å². The van der Waals surface area contributed by atoms with E-state index in [1.165, 1.54) is 13.0 Å². The van der Waals surface area contributed by atoms with Gasteiger partial charge in [0.15, 0.2) is 0 Å². The molecule has 0 saturated heterocycles. The Morgan fingerprint density at radius 3 is 2.52 bits per heavy atom. The molecule has 4 N–H and O–H groups in total. The van der Waals surface area contributed by atoms with Crippen molar-refractivity contribution in [2.45, 2.75) is 18.9 Å². The molecule has 1 aromatic carbocycles. The van der Waals surface area contributed by atoms with Gasteiger partial charge in [0.25, 0.3) is 0 Å². The second-order valence-electron chi connectivity index (χ2n) is 5.28. The van der Waals surface area contributed by atoms with Crippen molar-refractivity contribution in [3.05, 3.63) is 34.9 Å². The number of carbonyl (C=O) groups excluding carboxylic acids is 2. The standard InChI is InChI=1S/C14H15ClN2O4/c1-14(13(16)21,7-3-2-4-8(15)5-7)17-11(18)9-6-10(9)12(19)20/h2-5,9-10H,6H2,1H3,(H2,16,21)(H,17,18)(H,19,20). The van der Waals surface area contributed by atoms with Crippen LogP contribution in [0, 0.1) is 11.8 Å². The van der Waals surface area contributed by atoms with Crippen molar-refractivity contribution >= 4 is 29.4 Å². The SMILES string of the molecule is CC(NC(=O)C1CC1C(=O)O)(C(N)=O)c1cccc(Cl)c1. The largest absolute Gasteiger partial charge is 0.481 e. The molecule has 0 radical (unpaired) electrons. The summed E-state index contributed by atoms with van der Waals surface area (Å²) in [5, 5.41) is 11.8. The predicted octanol–water partition coefficient (Wildman–Crippen LogP) is 0.877. The van der Waals surface area contributed by atoms with Crippen LogP contribution in [-0.2, 0) is 19.9 Å². The average molecular weight is 311 g/mol. The summed E-state index contributed by atoms with van der Waals surface area (Å²) >= 11 is 5.89. The highest BCUT2D eigenvalue weighted by atomic mass is 35.5. The zero-order chi connectivity index (χ0) is 15.8. The highest BCUT2D eigenvalue weighted by Crippen LogP contribution is 2.39. The molecule has 0 heterocycles. The number of aliphatic carboxylic acids is 1. The first-order valence-electron chi connectivity index (χ1n) is 6.36. The summed E-state index contributed by atoms with van der Waals surface area (Å²) in [6, 6.07) is 6.44. The van der Waals surface area contributed by atoms with Gasteiger partial charge in [0.05, 0.1) is 11.8 Å². The molecule has 3 atom stereocenters. The van der Waals surface area contributed by atoms with Crippen molar-refractivity contribution in [3.8, 4) is 0 Å². The number of carbonyl (C=O) groups is 3. The first-order chi connectivity index (χ1) is 9.75. The maximum absolute atomic E-state index is 12.1. The summed E-state index contributed by atoms with van der Waals surface area (Å²) in [4.78, 5) is 34.7. The van der Waals surface area contributed by atoms with Gasteiger partial charge in [-0.1, -0.05) is 23.7 Å². The Bertz CT molecular complexity index is 619. The molecule has 1 aromatic rings. The first kappa shape index (κ1) is 15.3. The number of carboxylic acid groups (broad SMARTS) is 1. The molecule has 3 unspecified atom stereocenters. The average Bonchev–Trinajstić information content (AvgIpc) is 3.18. The quantitative estimate of drug-likeness (QED) is 0.749. The number of hydrogen-bond donors (Lipinski definition) is 3. The van der Waals surface area contributed by atoms with Gasteiger partial charge in [0.1, 0.15) is 5.54 Å². The third kappa shape index (κ3) is 3.00. The third-order valence-electron chi connectivity index (χ3n) is 3.71. The topological polar surface area (TPSA) is 109 Å². The summed E-state index contributed by atoms with van der Waals surface area (Å²) < 4.78 is 0. The molecule has 0 spiro atoms. The predicted molar refractivity (Wildman–Crippen MR) is 75.4 cm³/mol. The molecule has 0 aliphatic heterocycles. The van der Waals surface area contributed by atoms with Crippen molar-refractivity contribution in [1.82, 2.24) is 5.32 Å². The lowest BCUT2D eigenvalue weighted by molar-refractivity contribution is -0.140. The Balaban J connectivity index is 2.22. The molecule has 1 aliphatic carbocycles. The fourth-order valence-corrected chi connectivity index (χ4v) is 2.36. The molecule has 2 rings (SSSR count). The fourth-order valence-electron chi connectivity index (χ4n) is 2.17. The molecule has 2 amide bonds. The Labute approximate surface area is 126 Å². The number of hydrogen-bond acceptors (Lipinski definition) is 3. The van der Waals surface area contributed by atoms with Crippen LogP contribution >= 0.6 is 11.6 Å². The lowest BCUT2D eigenvalue weighted by Crippen LogP contribution is -2.53. The fraction of sp³-hybridized carbons (Fsp3) is 0.357. The number of amides is 2. The van der Waals surface area contributed by atoms with Gasteiger partial charge in [0, 0.05) is 5.02 Å². The lowest BCUT2D eigenvalue weighted by Gasteiger charge is -2.28. The van der Waals surface area contributed by atoms with Gasteiger partial charge >= 0.3 is 5.97 Å². The van der Waals surface area contributed by atoms with Crippen LogP contribution in [0.15, 0.2) is 24.3 Å². The Morgan fingerprint density at radius 2 is 2.05 bits per heavy atom. The molecule has 1 aliphatic rings. The highest BCUT2D eigenvalue weighted by Gasteiger charge is 2.50. The van der Waals surface area contributed by atoms with Crippen molar-refractivity contribution in [2.24, 2.45) is 17.6 Å². The van der Waals surface area contributed by atoms with E-state index in [-0.39, 0.29) is 6.42 Å². The van der Waals surface area contributed by atoms with Crippen LogP contribution in [-0.4, -0.2) is 22.9 Å². The number of halogens is 1. The third-order valence-corrected chi connectivity index (χ3v) is 3.95. The van der Waals surface area contributed by atoms with Gasteiger partial charge in [-0.05, 0) is 31.0 Å². The first-order valence-corrected chi connectivity index (χ1v) is 6.74. The minimum absolute atomic E-state index is 0.269. The lowest BCUT2D eigenvalue weighted by atomic mass is 9.91. The van der Waals surface area contributed by atoms with Crippen LogP contribution in [0.2, 0.25) is 5.02 Å². The summed E-state index contributed by atoms with van der Waals surface area (Å²) in [5.74, 6) is -3.57. The highest BCUT2D eigenvalue weighted by molar-refractivity contribution is 6.30. The Morgan fingerprint density at radius 1 is 1.38 bits per heavy atom. The van der Waals surface area contributed by atoms with E-state index >= 15 is 0 Å². The summed E-state index contributed by atoms with van der Waals surface area (Å²) in [7, 11) is 0. The monoisotopic (exact) mass is 310 g/mol. The van der Waals surface area contributed by atoms with E-state index in [0.29, 0.717) is 10.6 Å². The number of carboxylic acids is 1. The Kier molecular flexibility index (Phi) is 3.91. The molecular formula is C14H15ClN2O4.